The molecule has 1 saturated carbocycles. The van der Waals surface area contributed by atoms with E-state index in [4.69, 9.17) is 5.10 Å². The average Bonchev–Trinajstić information content (AvgIpc) is 3.16. The Morgan fingerprint density at radius 1 is 1.11 bits per heavy atom. The van der Waals surface area contributed by atoms with Gasteiger partial charge in [-0.2, -0.15) is 5.10 Å². The number of rotatable bonds is 2. The monoisotopic (exact) mass is 249 g/mol. The predicted octanol–water partition coefficient (Wildman–Crippen LogP) is 3.36. The van der Waals surface area contributed by atoms with Crippen LogP contribution in [0.3, 0.4) is 0 Å². The lowest BCUT2D eigenvalue weighted by Gasteiger charge is -2.29. The highest BCUT2D eigenvalue weighted by molar-refractivity contribution is 5.25. The molecule has 1 aliphatic heterocycles. The molecule has 2 heterocycles. The maximum atomic E-state index is 4.72. The first-order valence-electron chi connectivity index (χ1n) is 7.48. The second-order valence-corrected chi connectivity index (χ2v) is 5.46. The summed E-state index contributed by atoms with van der Waals surface area (Å²) in [5.74, 6) is 0.833. The second-order valence-electron chi connectivity index (χ2n) is 5.46. The number of hydrogen-bond donors (Lipinski definition) is 0. The van der Waals surface area contributed by atoms with Crippen molar-refractivity contribution in [3.05, 3.63) is 17.5 Å². The molecule has 3 rings (SSSR count). The minimum absolute atomic E-state index is 0.641. The molecule has 0 unspecified atom stereocenters. The van der Waals surface area contributed by atoms with Crippen LogP contribution in [0, 0.1) is 6.92 Å². The fourth-order valence-electron chi connectivity index (χ4n) is 2.74. The molecule has 2 aliphatic rings. The highest BCUT2D eigenvalue weighted by Gasteiger charge is 2.28. The van der Waals surface area contributed by atoms with Crippen molar-refractivity contribution in [1.29, 1.82) is 0 Å². The van der Waals surface area contributed by atoms with Crippen molar-refractivity contribution in [3.8, 4) is 0 Å². The Balaban J connectivity index is 0.000000574. The Labute approximate surface area is 111 Å². The van der Waals surface area contributed by atoms with Crippen LogP contribution in [0.15, 0.2) is 6.20 Å². The van der Waals surface area contributed by atoms with Gasteiger partial charge in [0, 0.05) is 6.20 Å². The van der Waals surface area contributed by atoms with E-state index < -0.39 is 0 Å². The maximum Gasteiger partial charge on any atom is 0.0628 e. The van der Waals surface area contributed by atoms with Crippen LogP contribution >= 0.6 is 0 Å². The number of nitrogens with zero attached hydrogens (tertiary/aromatic N) is 3. The van der Waals surface area contributed by atoms with Gasteiger partial charge in [-0.3, -0.25) is 4.68 Å². The van der Waals surface area contributed by atoms with Gasteiger partial charge >= 0.3 is 0 Å². The Kier molecular flexibility index (Phi) is 4.44. The molecule has 18 heavy (non-hydrogen) atoms. The fourth-order valence-corrected chi connectivity index (χ4v) is 2.74. The van der Waals surface area contributed by atoms with Crippen molar-refractivity contribution in [1.82, 2.24) is 14.7 Å². The van der Waals surface area contributed by atoms with E-state index in [0.29, 0.717) is 6.04 Å². The van der Waals surface area contributed by atoms with E-state index >= 15 is 0 Å². The maximum absolute atomic E-state index is 4.72. The quantitative estimate of drug-likeness (QED) is 0.801. The molecule has 102 valence electrons. The van der Waals surface area contributed by atoms with E-state index in [1.807, 2.05) is 13.8 Å². The molecule has 1 aliphatic carbocycles. The largest absolute Gasteiger partial charge is 0.306 e. The van der Waals surface area contributed by atoms with Crippen LogP contribution < -0.4 is 0 Å². The summed E-state index contributed by atoms with van der Waals surface area (Å²) in [6.07, 6.45) is 7.58. The molecular formula is C15H27N3. The Morgan fingerprint density at radius 3 is 2.28 bits per heavy atom. The zero-order valence-corrected chi connectivity index (χ0v) is 12.3. The zero-order chi connectivity index (χ0) is 13.1. The van der Waals surface area contributed by atoms with Crippen LogP contribution in [-0.4, -0.2) is 34.8 Å². The first-order chi connectivity index (χ1) is 8.74. The molecular weight excluding hydrogens is 222 g/mol. The van der Waals surface area contributed by atoms with E-state index in [0.717, 1.165) is 5.92 Å². The molecule has 1 saturated heterocycles. The van der Waals surface area contributed by atoms with Crippen LogP contribution in [0.2, 0.25) is 0 Å². The van der Waals surface area contributed by atoms with Crippen LogP contribution in [-0.2, 0) is 0 Å². The number of likely N-dealkylation sites (tertiary alicyclic amines) is 1. The molecule has 3 nitrogen and oxygen atoms in total. The van der Waals surface area contributed by atoms with Crippen LogP contribution in [0.4, 0.5) is 0 Å². The van der Waals surface area contributed by atoms with Gasteiger partial charge in [-0.25, -0.2) is 0 Å². The normalized spacial score (nSPS) is 21.6. The van der Waals surface area contributed by atoms with Crippen molar-refractivity contribution in [3.63, 3.8) is 0 Å². The Morgan fingerprint density at radius 2 is 1.72 bits per heavy atom. The summed E-state index contributed by atoms with van der Waals surface area (Å²) in [6, 6.07) is 0.641. The molecule has 0 amide bonds. The lowest BCUT2D eigenvalue weighted by Crippen LogP contribution is -2.31. The van der Waals surface area contributed by atoms with Crippen molar-refractivity contribution < 1.29 is 0 Å². The van der Waals surface area contributed by atoms with Crippen LogP contribution in [0.25, 0.3) is 0 Å². The molecule has 2 fully saturated rings. The summed E-state index contributed by atoms with van der Waals surface area (Å²) in [5, 5.41) is 4.72. The zero-order valence-electron chi connectivity index (χ0n) is 12.3. The molecule has 1 aromatic heterocycles. The predicted molar refractivity (Wildman–Crippen MR) is 76.1 cm³/mol. The van der Waals surface area contributed by atoms with Crippen LogP contribution in [0.1, 0.15) is 62.7 Å². The topological polar surface area (TPSA) is 21.1 Å². The van der Waals surface area contributed by atoms with Gasteiger partial charge in [-0.15, -0.1) is 0 Å². The summed E-state index contributed by atoms with van der Waals surface area (Å²) in [5.41, 5.74) is 2.78. The third-order valence-corrected chi connectivity index (χ3v) is 4.03. The second kappa shape index (κ2) is 5.87. The molecule has 3 heteroatoms. The highest BCUT2D eigenvalue weighted by Crippen LogP contribution is 2.41. The third kappa shape index (κ3) is 2.94. The molecule has 0 spiro atoms. The lowest BCUT2D eigenvalue weighted by molar-refractivity contribution is 0.212. The van der Waals surface area contributed by atoms with E-state index in [9.17, 15) is 0 Å². The number of aryl methyl sites for hydroxylation is 1. The van der Waals surface area contributed by atoms with E-state index in [-0.39, 0.29) is 0 Å². The first kappa shape index (κ1) is 13.6. The fraction of sp³-hybridized carbons (Fsp3) is 0.800. The van der Waals surface area contributed by atoms with Crippen molar-refractivity contribution >= 4 is 0 Å². The number of piperidine rings is 1. The molecule has 0 aromatic carbocycles. The van der Waals surface area contributed by atoms with Crippen molar-refractivity contribution in [2.75, 3.05) is 20.1 Å². The van der Waals surface area contributed by atoms with Gasteiger partial charge in [0.25, 0.3) is 0 Å². The smallest absolute Gasteiger partial charge is 0.0628 e. The summed E-state index contributed by atoms with van der Waals surface area (Å²) in [4.78, 5) is 2.41. The molecule has 1 aromatic rings. The molecule has 0 radical (unpaired) electrons. The van der Waals surface area contributed by atoms with Gasteiger partial charge in [0.05, 0.1) is 11.7 Å². The van der Waals surface area contributed by atoms with Gasteiger partial charge in [0.15, 0.2) is 0 Å². The molecule has 0 bridgehead atoms. The van der Waals surface area contributed by atoms with E-state index in [2.05, 4.69) is 29.7 Å². The van der Waals surface area contributed by atoms with Gasteiger partial charge in [-0.1, -0.05) is 13.8 Å². The van der Waals surface area contributed by atoms with E-state index in [1.165, 1.54) is 50.0 Å². The Hall–Kier alpha value is -0.830. The van der Waals surface area contributed by atoms with Gasteiger partial charge < -0.3 is 4.90 Å². The van der Waals surface area contributed by atoms with Gasteiger partial charge in [-0.05, 0) is 64.2 Å². The number of hydrogen-bond acceptors (Lipinski definition) is 2. The summed E-state index contributed by atoms with van der Waals surface area (Å²) in [7, 11) is 2.21. The standard InChI is InChI=1S/C13H21N3.C2H6/c1-10-13(11-3-4-11)9-16(14-10)12-5-7-15(2)8-6-12;1-2/h9,11-12H,3-8H2,1-2H3;1-2H3. The van der Waals surface area contributed by atoms with E-state index in [1.54, 1.807) is 0 Å². The molecule has 0 atom stereocenters. The SMILES string of the molecule is CC.Cc1nn(C2CCN(C)CC2)cc1C1CC1. The Bertz CT molecular complexity index is 371. The van der Waals surface area contributed by atoms with Crippen molar-refractivity contribution in [2.24, 2.45) is 0 Å². The summed E-state index contributed by atoms with van der Waals surface area (Å²) >= 11 is 0. The minimum Gasteiger partial charge on any atom is -0.306 e. The third-order valence-electron chi connectivity index (χ3n) is 4.03. The highest BCUT2D eigenvalue weighted by atomic mass is 15.3. The van der Waals surface area contributed by atoms with Gasteiger partial charge in [0.1, 0.15) is 0 Å². The minimum atomic E-state index is 0.641. The van der Waals surface area contributed by atoms with Crippen LogP contribution in [0.5, 0.6) is 0 Å². The van der Waals surface area contributed by atoms with Crippen molar-refractivity contribution in [2.45, 2.75) is 58.4 Å². The van der Waals surface area contributed by atoms with Gasteiger partial charge in [0.2, 0.25) is 0 Å². The summed E-state index contributed by atoms with van der Waals surface area (Å²) in [6.45, 7) is 8.59. The first-order valence-corrected chi connectivity index (χ1v) is 7.48. The lowest BCUT2D eigenvalue weighted by atomic mass is 10.1. The number of aromatic nitrogens is 2. The average molecular weight is 249 g/mol. The molecule has 0 N–H and O–H groups in total. The summed E-state index contributed by atoms with van der Waals surface area (Å²) < 4.78 is 2.25.